The molecule has 0 saturated carbocycles. The van der Waals surface area contributed by atoms with E-state index in [2.05, 4.69) is 5.32 Å². The maximum atomic E-state index is 13.0. The number of amides is 2. The highest BCUT2D eigenvalue weighted by Gasteiger charge is 2.34. The molecule has 0 aliphatic carbocycles. The molecule has 0 spiro atoms. The summed E-state index contributed by atoms with van der Waals surface area (Å²) in [7, 11) is 0. The van der Waals surface area contributed by atoms with Gasteiger partial charge in [-0.1, -0.05) is 35.4 Å². The molecule has 0 atom stereocenters. The van der Waals surface area contributed by atoms with Crippen LogP contribution >= 0.6 is 23.8 Å². The lowest BCUT2D eigenvalue weighted by Crippen LogP contribution is -2.54. The third kappa shape index (κ3) is 4.61. The predicted octanol–water partition coefficient (Wildman–Crippen LogP) is 2.94. The number of nitrogens with one attached hydrogen (secondary N) is 1. The van der Waals surface area contributed by atoms with Crippen molar-refractivity contribution in [3.8, 4) is 5.75 Å². The van der Waals surface area contributed by atoms with Crippen molar-refractivity contribution < 1.29 is 24.2 Å². The van der Waals surface area contributed by atoms with Crippen LogP contribution in [0.15, 0.2) is 48.0 Å². The minimum Gasteiger partial charge on any atom is -0.480 e. The van der Waals surface area contributed by atoms with Gasteiger partial charge in [0.25, 0.3) is 11.8 Å². The number of carbonyl (C=O) groups is 3. The lowest BCUT2D eigenvalue weighted by molar-refractivity contribution is -0.139. The molecule has 1 fully saturated rings. The van der Waals surface area contributed by atoms with Crippen LogP contribution in [0.4, 0.5) is 5.69 Å². The molecule has 0 unspecified atom stereocenters. The molecule has 29 heavy (non-hydrogen) atoms. The molecule has 9 heteroatoms. The molecule has 0 radical (unpaired) electrons. The van der Waals surface area contributed by atoms with Crippen molar-refractivity contribution in [2.75, 3.05) is 11.5 Å². The fourth-order valence-corrected chi connectivity index (χ4v) is 3.14. The monoisotopic (exact) mass is 430 g/mol. The Bertz CT molecular complexity index is 1050. The van der Waals surface area contributed by atoms with E-state index in [1.807, 2.05) is 19.1 Å². The number of rotatable bonds is 5. The molecule has 1 heterocycles. The van der Waals surface area contributed by atoms with Crippen LogP contribution in [0.5, 0.6) is 5.75 Å². The highest BCUT2D eigenvalue weighted by Crippen LogP contribution is 2.28. The van der Waals surface area contributed by atoms with Crippen molar-refractivity contribution in [1.29, 1.82) is 0 Å². The summed E-state index contributed by atoms with van der Waals surface area (Å²) < 4.78 is 5.06. The first-order valence-corrected chi connectivity index (χ1v) is 9.17. The number of benzene rings is 2. The van der Waals surface area contributed by atoms with Crippen LogP contribution in [-0.2, 0) is 14.4 Å². The van der Waals surface area contributed by atoms with E-state index in [1.54, 1.807) is 18.2 Å². The number of hydrogen-bond donors (Lipinski definition) is 2. The second kappa shape index (κ2) is 8.42. The number of thiocarbonyl (C=S) groups is 1. The maximum absolute atomic E-state index is 13.0. The number of carboxylic acid groups (broad SMARTS) is 1. The molecule has 2 amide bonds. The van der Waals surface area contributed by atoms with Gasteiger partial charge >= 0.3 is 5.97 Å². The highest BCUT2D eigenvalue weighted by atomic mass is 35.5. The van der Waals surface area contributed by atoms with Gasteiger partial charge in [0, 0.05) is 0 Å². The average molecular weight is 431 g/mol. The first-order valence-electron chi connectivity index (χ1n) is 8.38. The van der Waals surface area contributed by atoms with Crippen LogP contribution in [0.2, 0.25) is 5.02 Å². The summed E-state index contributed by atoms with van der Waals surface area (Å²) in [5.41, 5.74) is 1.90. The zero-order chi connectivity index (χ0) is 21.1. The normalized spacial score (nSPS) is 15.4. The zero-order valence-electron chi connectivity index (χ0n) is 15.1. The maximum Gasteiger partial charge on any atom is 0.341 e. The van der Waals surface area contributed by atoms with Gasteiger partial charge < -0.3 is 9.84 Å². The van der Waals surface area contributed by atoms with Crippen molar-refractivity contribution in [3.05, 3.63) is 64.2 Å². The zero-order valence-corrected chi connectivity index (χ0v) is 16.7. The lowest BCUT2D eigenvalue weighted by Gasteiger charge is -2.29. The Morgan fingerprint density at radius 1 is 1.24 bits per heavy atom. The fraction of sp³-hybridized carbons (Fsp3) is 0.100. The number of carbonyl (C=O) groups excluding carboxylic acids is 2. The largest absolute Gasteiger partial charge is 0.480 e. The molecule has 0 aromatic heterocycles. The number of anilines is 1. The molecule has 1 saturated heterocycles. The Labute approximate surface area is 176 Å². The predicted molar refractivity (Wildman–Crippen MR) is 112 cm³/mol. The summed E-state index contributed by atoms with van der Waals surface area (Å²) in [5.74, 6) is -2.14. The highest BCUT2D eigenvalue weighted by molar-refractivity contribution is 7.80. The Morgan fingerprint density at radius 3 is 2.55 bits per heavy atom. The van der Waals surface area contributed by atoms with Crippen molar-refractivity contribution >= 4 is 58.5 Å². The van der Waals surface area contributed by atoms with Crippen LogP contribution in [0.3, 0.4) is 0 Å². The molecule has 2 N–H and O–H groups in total. The Balaban J connectivity index is 1.91. The van der Waals surface area contributed by atoms with E-state index in [-0.39, 0.29) is 21.5 Å². The molecule has 0 bridgehead atoms. The van der Waals surface area contributed by atoms with E-state index >= 15 is 0 Å². The third-order valence-corrected chi connectivity index (χ3v) is 4.59. The Hall–Kier alpha value is -3.23. The molecular weight excluding hydrogens is 416 g/mol. The van der Waals surface area contributed by atoms with E-state index in [0.717, 1.165) is 5.56 Å². The summed E-state index contributed by atoms with van der Waals surface area (Å²) >= 11 is 11.3. The smallest absolute Gasteiger partial charge is 0.341 e. The van der Waals surface area contributed by atoms with Gasteiger partial charge in [-0.3, -0.25) is 19.8 Å². The fourth-order valence-electron chi connectivity index (χ4n) is 2.62. The van der Waals surface area contributed by atoms with Gasteiger partial charge in [-0.05, 0) is 55.0 Å². The minimum absolute atomic E-state index is 0.00328. The molecule has 3 rings (SSSR count). The summed E-state index contributed by atoms with van der Waals surface area (Å²) in [4.78, 5) is 37.1. The summed E-state index contributed by atoms with van der Waals surface area (Å²) in [5, 5.41) is 11.3. The summed E-state index contributed by atoms with van der Waals surface area (Å²) in [6, 6.07) is 11.6. The number of carboxylic acids is 1. The van der Waals surface area contributed by atoms with Crippen molar-refractivity contribution in [1.82, 2.24) is 5.32 Å². The van der Waals surface area contributed by atoms with E-state index < -0.39 is 24.4 Å². The van der Waals surface area contributed by atoms with Gasteiger partial charge in [0.1, 0.15) is 11.3 Å². The van der Waals surface area contributed by atoms with Gasteiger partial charge in [0.15, 0.2) is 11.7 Å². The Morgan fingerprint density at radius 2 is 1.93 bits per heavy atom. The average Bonchev–Trinajstić information content (AvgIpc) is 2.65. The Kier molecular flexibility index (Phi) is 5.95. The van der Waals surface area contributed by atoms with Crippen molar-refractivity contribution in [2.45, 2.75) is 6.92 Å². The van der Waals surface area contributed by atoms with Crippen molar-refractivity contribution in [3.63, 3.8) is 0 Å². The topological polar surface area (TPSA) is 95.9 Å². The second-order valence-electron chi connectivity index (χ2n) is 6.17. The van der Waals surface area contributed by atoms with E-state index in [0.29, 0.717) is 11.3 Å². The van der Waals surface area contributed by atoms with Crippen LogP contribution in [-0.4, -0.2) is 34.6 Å². The van der Waals surface area contributed by atoms with E-state index in [9.17, 15) is 14.4 Å². The SMILES string of the molecule is Cc1ccc(N2C(=O)/C(=C/c3ccc(OCC(=O)O)c(Cl)c3)C(=O)NC2=S)cc1. The minimum atomic E-state index is -1.14. The van der Waals surface area contributed by atoms with Gasteiger partial charge in [0.2, 0.25) is 0 Å². The summed E-state index contributed by atoms with van der Waals surface area (Å²) in [6.07, 6.45) is 1.38. The molecule has 7 nitrogen and oxygen atoms in total. The number of ether oxygens (including phenoxy) is 1. The molecule has 1 aliphatic rings. The number of aliphatic carboxylic acids is 1. The van der Waals surface area contributed by atoms with Crippen LogP contribution < -0.4 is 15.0 Å². The first-order chi connectivity index (χ1) is 13.8. The number of hydrogen-bond acceptors (Lipinski definition) is 5. The van der Waals surface area contributed by atoms with E-state index in [4.69, 9.17) is 33.7 Å². The molecule has 1 aliphatic heterocycles. The summed E-state index contributed by atoms with van der Waals surface area (Å²) in [6.45, 7) is 1.38. The lowest BCUT2D eigenvalue weighted by atomic mass is 10.1. The van der Waals surface area contributed by atoms with Crippen molar-refractivity contribution in [2.24, 2.45) is 0 Å². The van der Waals surface area contributed by atoms with Crippen LogP contribution in [0.1, 0.15) is 11.1 Å². The van der Waals surface area contributed by atoms with Gasteiger partial charge in [-0.2, -0.15) is 0 Å². The standard InChI is InChI=1S/C20H15ClN2O5S/c1-11-2-5-13(6-3-11)23-19(27)14(18(26)22-20(23)29)8-12-4-7-16(15(21)9-12)28-10-17(24)25/h2-9H,10H2,1H3,(H,24,25)(H,22,26,29)/b14-8+. The van der Waals surface area contributed by atoms with Gasteiger partial charge in [-0.25, -0.2) is 4.79 Å². The molecule has 2 aromatic rings. The van der Waals surface area contributed by atoms with Crippen LogP contribution in [0.25, 0.3) is 6.08 Å². The molecular formula is C20H15ClN2O5S. The third-order valence-electron chi connectivity index (χ3n) is 4.01. The quantitative estimate of drug-likeness (QED) is 0.430. The number of nitrogens with zero attached hydrogens (tertiary/aromatic N) is 1. The van der Waals surface area contributed by atoms with E-state index in [1.165, 1.54) is 23.1 Å². The van der Waals surface area contributed by atoms with Crippen LogP contribution in [0, 0.1) is 6.92 Å². The number of halogens is 1. The first kappa shape index (κ1) is 20.5. The number of aryl methyl sites for hydroxylation is 1. The van der Waals surface area contributed by atoms with Gasteiger partial charge in [0.05, 0.1) is 10.7 Å². The molecule has 2 aromatic carbocycles. The second-order valence-corrected chi connectivity index (χ2v) is 6.96. The molecule has 148 valence electrons. The van der Waals surface area contributed by atoms with Gasteiger partial charge in [-0.15, -0.1) is 0 Å².